The van der Waals surface area contributed by atoms with Crippen molar-refractivity contribution < 1.29 is 12.8 Å². The van der Waals surface area contributed by atoms with E-state index in [1.54, 1.807) is 0 Å². The quantitative estimate of drug-likeness (QED) is 0.544. The Morgan fingerprint density at radius 1 is 1.15 bits per heavy atom. The molecule has 0 atom stereocenters. The lowest BCUT2D eigenvalue weighted by molar-refractivity contribution is 0.565. The van der Waals surface area contributed by atoms with Gasteiger partial charge >= 0.3 is 0 Å². The fourth-order valence-electron chi connectivity index (χ4n) is 1.87. The van der Waals surface area contributed by atoms with E-state index in [1.807, 2.05) is 0 Å². The molecule has 4 nitrogen and oxygen atoms in total. The second kappa shape index (κ2) is 8.21. The predicted octanol–water partition coefficient (Wildman–Crippen LogP) is 3.05. The summed E-state index contributed by atoms with van der Waals surface area (Å²) < 4.78 is 39.6. The summed E-state index contributed by atoms with van der Waals surface area (Å²) in [5.74, 6) is -0.715. The topological polar surface area (TPSA) is 72.2 Å². The van der Waals surface area contributed by atoms with Crippen molar-refractivity contribution in [3.05, 3.63) is 24.0 Å². The number of nitrogens with one attached hydrogen (secondary N) is 1. The van der Waals surface area contributed by atoms with Gasteiger partial charge in [0.15, 0.2) is 0 Å². The van der Waals surface area contributed by atoms with Crippen LogP contribution in [0, 0.1) is 5.82 Å². The second-order valence-electron chi connectivity index (χ2n) is 4.85. The zero-order chi connectivity index (χ0) is 15.0. The van der Waals surface area contributed by atoms with Crippen molar-refractivity contribution in [3.8, 4) is 0 Å². The summed E-state index contributed by atoms with van der Waals surface area (Å²) in [6, 6.07) is 3.51. The van der Waals surface area contributed by atoms with Gasteiger partial charge in [0.25, 0.3) is 0 Å². The molecule has 0 aliphatic rings. The molecule has 1 aromatic carbocycles. The summed E-state index contributed by atoms with van der Waals surface area (Å²) in [7, 11) is -3.64. The number of nitrogen functional groups attached to an aromatic ring is 1. The van der Waals surface area contributed by atoms with Crippen LogP contribution in [0.1, 0.15) is 45.4 Å². The van der Waals surface area contributed by atoms with Gasteiger partial charge in [-0.3, -0.25) is 0 Å². The van der Waals surface area contributed by atoms with Gasteiger partial charge in [-0.2, -0.15) is 0 Å². The highest BCUT2D eigenvalue weighted by atomic mass is 32.2. The Balaban J connectivity index is 2.40. The molecule has 20 heavy (non-hydrogen) atoms. The van der Waals surface area contributed by atoms with Crippen LogP contribution >= 0.6 is 0 Å². The van der Waals surface area contributed by atoms with E-state index in [0.29, 0.717) is 6.54 Å². The predicted molar refractivity (Wildman–Crippen MR) is 79.4 cm³/mol. The summed E-state index contributed by atoms with van der Waals surface area (Å²) in [4.78, 5) is -0.0878. The van der Waals surface area contributed by atoms with E-state index in [2.05, 4.69) is 11.6 Å². The molecule has 0 bridgehead atoms. The van der Waals surface area contributed by atoms with E-state index in [1.165, 1.54) is 31.4 Å². The maximum Gasteiger partial charge on any atom is 0.240 e. The number of nitrogens with two attached hydrogens (primary N) is 1. The fraction of sp³-hybridized carbons (Fsp3) is 0.571. The van der Waals surface area contributed by atoms with Gasteiger partial charge in [-0.05, 0) is 24.6 Å². The van der Waals surface area contributed by atoms with Crippen LogP contribution in [0.25, 0.3) is 0 Å². The third-order valence-electron chi connectivity index (χ3n) is 3.10. The Hall–Kier alpha value is -1.14. The van der Waals surface area contributed by atoms with Gasteiger partial charge in [-0.25, -0.2) is 17.5 Å². The lowest BCUT2D eigenvalue weighted by atomic mass is 10.1. The van der Waals surface area contributed by atoms with Gasteiger partial charge in [0.2, 0.25) is 10.0 Å². The molecule has 0 radical (unpaired) electrons. The molecule has 0 spiro atoms. The smallest absolute Gasteiger partial charge is 0.240 e. The minimum absolute atomic E-state index is 0.0557. The SMILES string of the molecule is CCCCCCCCNS(=O)(=O)c1ccc(N)c(F)c1. The van der Waals surface area contributed by atoms with Crippen molar-refractivity contribution >= 4 is 15.7 Å². The summed E-state index contributed by atoms with van der Waals surface area (Å²) >= 11 is 0. The van der Waals surface area contributed by atoms with Crippen LogP contribution in [0.15, 0.2) is 23.1 Å². The first-order chi connectivity index (χ1) is 9.47. The first-order valence-corrected chi connectivity index (χ1v) is 8.50. The molecule has 0 aromatic heterocycles. The number of halogens is 1. The number of anilines is 1. The van der Waals surface area contributed by atoms with E-state index >= 15 is 0 Å². The largest absolute Gasteiger partial charge is 0.396 e. The summed E-state index contributed by atoms with van der Waals surface area (Å²) in [5.41, 5.74) is 5.27. The van der Waals surface area contributed by atoms with Crippen molar-refractivity contribution in [2.45, 2.75) is 50.3 Å². The van der Waals surface area contributed by atoms with E-state index in [0.717, 1.165) is 25.3 Å². The molecule has 0 saturated heterocycles. The third-order valence-corrected chi connectivity index (χ3v) is 4.56. The molecular weight excluding hydrogens is 279 g/mol. The minimum atomic E-state index is -3.64. The molecule has 114 valence electrons. The van der Waals surface area contributed by atoms with Crippen LogP contribution in [0.2, 0.25) is 0 Å². The third kappa shape index (κ3) is 5.46. The lowest BCUT2D eigenvalue weighted by Gasteiger charge is -2.07. The van der Waals surface area contributed by atoms with Gasteiger partial charge in [0, 0.05) is 6.54 Å². The number of hydrogen-bond acceptors (Lipinski definition) is 3. The van der Waals surface area contributed by atoms with Crippen molar-refractivity contribution in [2.24, 2.45) is 0 Å². The number of sulfonamides is 1. The number of rotatable bonds is 9. The van der Waals surface area contributed by atoms with Gasteiger partial charge in [0.05, 0.1) is 10.6 Å². The maximum absolute atomic E-state index is 13.3. The average molecular weight is 302 g/mol. The molecule has 3 N–H and O–H groups in total. The van der Waals surface area contributed by atoms with Gasteiger partial charge in [0.1, 0.15) is 5.82 Å². The first kappa shape index (κ1) is 16.9. The Kier molecular flexibility index (Phi) is 6.95. The van der Waals surface area contributed by atoms with Crippen LogP contribution in [0.4, 0.5) is 10.1 Å². The molecule has 0 amide bonds. The summed E-state index contributed by atoms with van der Waals surface area (Å²) in [6.45, 7) is 2.53. The molecule has 1 aromatic rings. The fourth-order valence-corrected chi connectivity index (χ4v) is 2.96. The molecule has 0 heterocycles. The van der Waals surface area contributed by atoms with Crippen LogP contribution in [-0.4, -0.2) is 15.0 Å². The second-order valence-corrected chi connectivity index (χ2v) is 6.62. The van der Waals surface area contributed by atoms with Crippen LogP contribution in [0.3, 0.4) is 0 Å². The highest BCUT2D eigenvalue weighted by molar-refractivity contribution is 7.89. The van der Waals surface area contributed by atoms with E-state index in [9.17, 15) is 12.8 Å². The molecule has 1 rings (SSSR count). The average Bonchev–Trinajstić information content (AvgIpc) is 2.40. The van der Waals surface area contributed by atoms with Crippen molar-refractivity contribution in [2.75, 3.05) is 12.3 Å². The summed E-state index contributed by atoms with van der Waals surface area (Å²) in [5, 5.41) is 0. The molecular formula is C14H23FN2O2S. The Morgan fingerprint density at radius 2 is 1.80 bits per heavy atom. The van der Waals surface area contributed by atoms with Crippen molar-refractivity contribution in [3.63, 3.8) is 0 Å². The zero-order valence-corrected chi connectivity index (χ0v) is 12.7. The van der Waals surface area contributed by atoms with Crippen LogP contribution < -0.4 is 10.5 Å². The van der Waals surface area contributed by atoms with Crippen LogP contribution in [-0.2, 0) is 10.0 Å². The minimum Gasteiger partial charge on any atom is -0.396 e. The van der Waals surface area contributed by atoms with E-state index in [-0.39, 0.29) is 10.6 Å². The highest BCUT2D eigenvalue weighted by Gasteiger charge is 2.14. The maximum atomic E-state index is 13.3. The highest BCUT2D eigenvalue weighted by Crippen LogP contribution is 2.16. The Morgan fingerprint density at radius 3 is 2.45 bits per heavy atom. The van der Waals surface area contributed by atoms with E-state index < -0.39 is 15.8 Å². The molecule has 0 fully saturated rings. The molecule has 0 aliphatic carbocycles. The molecule has 0 aliphatic heterocycles. The first-order valence-electron chi connectivity index (χ1n) is 7.02. The van der Waals surface area contributed by atoms with Gasteiger partial charge in [-0.15, -0.1) is 0 Å². The lowest BCUT2D eigenvalue weighted by Crippen LogP contribution is -2.25. The normalized spacial score (nSPS) is 11.7. The zero-order valence-electron chi connectivity index (χ0n) is 11.9. The van der Waals surface area contributed by atoms with Gasteiger partial charge in [-0.1, -0.05) is 39.0 Å². The molecule has 6 heteroatoms. The Labute approximate surface area is 120 Å². The van der Waals surface area contributed by atoms with Crippen LogP contribution in [0.5, 0.6) is 0 Å². The number of hydrogen-bond donors (Lipinski definition) is 2. The van der Waals surface area contributed by atoms with Crippen molar-refractivity contribution in [1.29, 1.82) is 0 Å². The Bertz CT molecular complexity index is 518. The standard InChI is InChI=1S/C14H23FN2O2S/c1-2-3-4-5-6-7-10-17-20(18,19)12-8-9-14(16)13(15)11-12/h8-9,11,17H,2-7,10,16H2,1H3. The number of unbranched alkanes of at least 4 members (excludes halogenated alkanes) is 5. The monoisotopic (exact) mass is 302 g/mol. The number of benzene rings is 1. The molecule has 0 unspecified atom stereocenters. The molecule has 0 saturated carbocycles. The van der Waals surface area contributed by atoms with E-state index in [4.69, 9.17) is 5.73 Å². The van der Waals surface area contributed by atoms with Crippen molar-refractivity contribution in [1.82, 2.24) is 4.72 Å². The summed E-state index contributed by atoms with van der Waals surface area (Å²) in [6.07, 6.45) is 6.50. The van der Waals surface area contributed by atoms with Gasteiger partial charge < -0.3 is 5.73 Å².